The average molecular weight is 392 g/mol. The third-order valence-corrected chi connectivity index (χ3v) is 6.75. The number of hydrogen-bond donors (Lipinski definition) is 0. The predicted molar refractivity (Wildman–Crippen MR) is 122 cm³/mol. The molecule has 1 fully saturated rings. The van der Waals surface area contributed by atoms with Crippen molar-refractivity contribution in [3.8, 4) is 0 Å². The summed E-state index contributed by atoms with van der Waals surface area (Å²) in [5.74, 6) is 1.02. The molecule has 1 aliphatic carbocycles. The van der Waals surface area contributed by atoms with Crippen LogP contribution in [-0.4, -0.2) is 27.7 Å². The van der Waals surface area contributed by atoms with Gasteiger partial charge in [-0.05, 0) is 49.6 Å². The second-order valence-corrected chi connectivity index (χ2v) is 8.71. The van der Waals surface area contributed by atoms with Crippen LogP contribution < -0.4 is 0 Å². The first-order chi connectivity index (χ1) is 13.6. The van der Waals surface area contributed by atoms with E-state index in [1.165, 1.54) is 36.0 Å². The number of rotatable bonds is 3. The molecule has 2 aromatic carbocycles. The molecule has 1 aliphatic heterocycles. The Morgan fingerprint density at radius 2 is 1.64 bits per heavy atom. The zero-order chi connectivity index (χ0) is 19.6. The van der Waals surface area contributed by atoms with E-state index >= 15 is 0 Å². The molecule has 1 spiro atoms. The van der Waals surface area contributed by atoms with Crippen LogP contribution >= 0.6 is 11.8 Å². The van der Waals surface area contributed by atoms with Crippen LogP contribution in [0.15, 0.2) is 58.5 Å². The van der Waals surface area contributed by atoms with E-state index < -0.39 is 0 Å². The Bertz CT molecular complexity index is 875. The van der Waals surface area contributed by atoms with Crippen LogP contribution in [0.4, 0.5) is 5.69 Å². The number of amidine groups is 2. The summed E-state index contributed by atoms with van der Waals surface area (Å²) in [5, 5.41) is 1.11. The predicted octanol–water partition coefficient (Wildman–Crippen LogP) is 6.27. The third-order valence-electron chi connectivity index (χ3n) is 6.07. The summed E-state index contributed by atoms with van der Waals surface area (Å²) >= 11 is 1.75. The van der Waals surface area contributed by atoms with Gasteiger partial charge >= 0.3 is 0 Å². The van der Waals surface area contributed by atoms with Gasteiger partial charge in [-0.15, -0.1) is 0 Å². The van der Waals surface area contributed by atoms with Gasteiger partial charge in [0.25, 0.3) is 0 Å². The molecular weight excluding hydrogens is 362 g/mol. The average Bonchev–Trinajstić information content (AvgIpc) is 2.98. The fraction of sp³-hybridized carbons (Fsp3) is 0.417. The molecule has 2 aromatic rings. The lowest BCUT2D eigenvalue weighted by atomic mass is 9.79. The first-order valence-corrected chi connectivity index (χ1v) is 11.5. The standard InChI is InChI=1S/C24H29N3S/c1-18-11-10-12-19(2)21(18)25-22-24(15-8-5-9-16-24)27(23(26-22)28-3)17-20-13-6-4-7-14-20/h4,6-7,10-14H,5,8-9,15-17H2,1-3H3. The van der Waals surface area contributed by atoms with Crippen LogP contribution in [0, 0.1) is 13.8 Å². The largest absolute Gasteiger partial charge is 0.334 e. The van der Waals surface area contributed by atoms with Crippen LogP contribution in [0.5, 0.6) is 0 Å². The summed E-state index contributed by atoms with van der Waals surface area (Å²) in [6.45, 7) is 5.19. The zero-order valence-electron chi connectivity index (χ0n) is 17.1. The summed E-state index contributed by atoms with van der Waals surface area (Å²) in [7, 11) is 0. The molecule has 0 radical (unpaired) electrons. The van der Waals surface area contributed by atoms with Gasteiger partial charge in [-0.2, -0.15) is 0 Å². The van der Waals surface area contributed by atoms with Crippen molar-refractivity contribution in [1.82, 2.24) is 4.90 Å². The summed E-state index contributed by atoms with van der Waals surface area (Å²) in [4.78, 5) is 12.8. The minimum Gasteiger partial charge on any atom is -0.334 e. The fourth-order valence-electron chi connectivity index (χ4n) is 4.55. The van der Waals surface area contributed by atoms with Gasteiger partial charge in [0.2, 0.25) is 0 Å². The Morgan fingerprint density at radius 1 is 0.964 bits per heavy atom. The Morgan fingerprint density at radius 3 is 2.29 bits per heavy atom. The molecule has 1 heterocycles. The van der Waals surface area contributed by atoms with Gasteiger partial charge in [-0.25, -0.2) is 9.98 Å². The SMILES string of the molecule is CSC1=NC(=Nc2c(C)cccc2C)C2(CCCCC2)N1Cc1ccccc1. The van der Waals surface area contributed by atoms with Gasteiger partial charge < -0.3 is 4.90 Å². The van der Waals surface area contributed by atoms with E-state index in [0.29, 0.717) is 0 Å². The van der Waals surface area contributed by atoms with E-state index in [-0.39, 0.29) is 5.54 Å². The van der Waals surface area contributed by atoms with Crippen molar-refractivity contribution >= 4 is 28.5 Å². The van der Waals surface area contributed by atoms with Crippen molar-refractivity contribution in [2.45, 2.75) is 58.0 Å². The molecule has 0 bridgehead atoms. The lowest BCUT2D eigenvalue weighted by molar-refractivity contribution is 0.192. The van der Waals surface area contributed by atoms with Crippen molar-refractivity contribution in [1.29, 1.82) is 0 Å². The highest BCUT2D eigenvalue weighted by atomic mass is 32.2. The van der Waals surface area contributed by atoms with Crippen molar-refractivity contribution in [3.05, 3.63) is 65.2 Å². The zero-order valence-corrected chi connectivity index (χ0v) is 17.9. The van der Waals surface area contributed by atoms with Crippen molar-refractivity contribution < 1.29 is 0 Å². The van der Waals surface area contributed by atoms with Crippen molar-refractivity contribution in [2.24, 2.45) is 9.98 Å². The molecule has 0 N–H and O–H groups in total. The number of nitrogens with zero attached hydrogens (tertiary/aromatic N) is 3. The molecule has 0 aromatic heterocycles. The van der Waals surface area contributed by atoms with E-state index in [1.54, 1.807) is 11.8 Å². The fourth-order valence-corrected chi connectivity index (χ4v) is 5.18. The molecule has 3 nitrogen and oxygen atoms in total. The maximum atomic E-state index is 5.20. The normalized spacial score (nSPS) is 20.0. The second kappa shape index (κ2) is 8.12. The van der Waals surface area contributed by atoms with Gasteiger partial charge in [0.05, 0.1) is 5.69 Å². The minimum absolute atomic E-state index is 0.0683. The second-order valence-electron chi connectivity index (χ2n) is 7.94. The van der Waals surface area contributed by atoms with Gasteiger partial charge in [0.15, 0.2) is 11.0 Å². The van der Waals surface area contributed by atoms with E-state index in [2.05, 4.69) is 73.5 Å². The molecule has 0 atom stereocenters. The Labute approximate surface area is 173 Å². The van der Waals surface area contributed by atoms with Crippen LogP contribution in [0.25, 0.3) is 0 Å². The maximum Gasteiger partial charge on any atom is 0.166 e. The quantitative estimate of drug-likeness (QED) is 0.616. The van der Waals surface area contributed by atoms with Crippen LogP contribution in [0.2, 0.25) is 0 Å². The molecule has 0 amide bonds. The van der Waals surface area contributed by atoms with Gasteiger partial charge in [0, 0.05) is 6.54 Å². The molecular formula is C24H29N3S. The Kier molecular flexibility index (Phi) is 5.58. The van der Waals surface area contributed by atoms with Crippen LogP contribution in [0.1, 0.15) is 48.8 Å². The lowest BCUT2D eigenvalue weighted by Crippen LogP contribution is -2.51. The number of para-hydroxylation sites is 1. The first-order valence-electron chi connectivity index (χ1n) is 10.2. The number of aryl methyl sites for hydroxylation is 2. The molecule has 4 rings (SSSR count). The molecule has 28 heavy (non-hydrogen) atoms. The highest BCUT2D eigenvalue weighted by Crippen LogP contribution is 2.43. The summed E-state index contributed by atoms with van der Waals surface area (Å²) in [5.41, 5.74) is 4.80. The highest BCUT2D eigenvalue weighted by molar-refractivity contribution is 8.13. The van der Waals surface area contributed by atoms with E-state index in [4.69, 9.17) is 9.98 Å². The maximum absolute atomic E-state index is 5.20. The van der Waals surface area contributed by atoms with Crippen molar-refractivity contribution in [3.63, 3.8) is 0 Å². The van der Waals surface area contributed by atoms with Crippen molar-refractivity contribution in [2.75, 3.05) is 6.26 Å². The highest BCUT2D eigenvalue weighted by Gasteiger charge is 2.48. The van der Waals surface area contributed by atoms with Gasteiger partial charge in [0.1, 0.15) is 5.54 Å². The van der Waals surface area contributed by atoms with E-state index in [0.717, 1.165) is 36.1 Å². The Hall–Kier alpha value is -2.07. The topological polar surface area (TPSA) is 28.0 Å². The summed E-state index contributed by atoms with van der Waals surface area (Å²) < 4.78 is 0. The number of thioether (sulfide) groups is 1. The first kappa shape index (κ1) is 19.3. The molecule has 4 heteroatoms. The molecule has 0 unspecified atom stereocenters. The number of hydrogen-bond acceptors (Lipinski definition) is 3. The van der Waals surface area contributed by atoms with E-state index in [1.807, 2.05) is 0 Å². The van der Waals surface area contributed by atoms with Gasteiger partial charge in [-0.1, -0.05) is 79.6 Å². The molecule has 1 saturated carbocycles. The van der Waals surface area contributed by atoms with Crippen LogP contribution in [-0.2, 0) is 6.54 Å². The third kappa shape index (κ3) is 3.50. The molecule has 146 valence electrons. The smallest absolute Gasteiger partial charge is 0.166 e. The van der Waals surface area contributed by atoms with Gasteiger partial charge in [-0.3, -0.25) is 0 Å². The Balaban J connectivity index is 1.79. The minimum atomic E-state index is -0.0683. The summed E-state index contributed by atoms with van der Waals surface area (Å²) in [6, 6.07) is 17.2. The molecule has 2 aliphatic rings. The van der Waals surface area contributed by atoms with E-state index in [9.17, 15) is 0 Å². The number of aliphatic imine (C=N–C) groups is 2. The lowest BCUT2D eigenvalue weighted by Gasteiger charge is -2.42. The monoisotopic (exact) mass is 391 g/mol. The number of benzene rings is 2. The molecule has 0 saturated heterocycles. The van der Waals surface area contributed by atoms with Crippen LogP contribution in [0.3, 0.4) is 0 Å². The summed E-state index contributed by atoms with van der Waals surface area (Å²) in [6.07, 6.45) is 8.21.